The SMILES string of the molecule is CC(C=CC1C(C)=CCCC1(C)C)=CC=CC(C)=C/C=C/C=C(C)/C=C/C=C(C)C=CC1=C(C)CCCC1(C)C. The topological polar surface area (TPSA) is 0 Å². The van der Waals surface area contributed by atoms with Gasteiger partial charge in [0.2, 0.25) is 0 Å². The highest BCUT2D eigenvalue weighted by Crippen LogP contribution is 2.42. The fourth-order valence-electron chi connectivity index (χ4n) is 5.80. The van der Waals surface area contributed by atoms with E-state index in [0.717, 1.165) is 0 Å². The summed E-state index contributed by atoms with van der Waals surface area (Å²) in [6, 6.07) is 0. The zero-order valence-corrected chi connectivity index (χ0v) is 27.3. The summed E-state index contributed by atoms with van der Waals surface area (Å²) in [5.41, 5.74) is 10.2. The first kappa shape index (κ1) is 33.3. The molecule has 0 heteroatoms. The van der Waals surface area contributed by atoms with Crippen molar-refractivity contribution in [1.82, 2.24) is 0 Å². The quantitative estimate of drug-likeness (QED) is 0.192. The third kappa shape index (κ3) is 11.3. The van der Waals surface area contributed by atoms with E-state index in [-0.39, 0.29) is 0 Å². The van der Waals surface area contributed by atoms with Crippen LogP contribution in [0.4, 0.5) is 0 Å². The first-order valence-electron chi connectivity index (χ1n) is 15.3. The van der Waals surface area contributed by atoms with Gasteiger partial charge in [-0.1, -0.05) is 152 Å². The maximum Gasteiger partial charge on any atom is 0.00285 e. The summed E-state index contributed by atoms with van der Waals surface area (Å²) >= 11 is 0. The summed E-state index contributed by atoms with van der Waals surface area (Å²) in [4.78, 5) is 0. The minimum Gasteiger partial charge on any atom is -0.0850 e. The van der Waals surface area contributed by atoms with Gasteiger partial charge in [0.1, 0.15) is 0 Å². The van der Waals surface area contributed by atoms with E-state index < -0.39 is 0 Å². The maximum atomic E-state index is 2.41. The second-order valence-corrected chi connectivity index (χ2v) is 13.3. The van der Waals surface area contributed by atoms with Crippen LogP contribution in [0.2, 0.25) is 0 Å². The lowest BCUT2D eigenvalue weighted by atomic mass is 9.68. The molecule has 0 aromatic carbocycles. The molecule has 2 aliphatic rings. The average Bonchev–Trinajstić information content (AvgIpc) is 2.85. The number of hydrogen-bond donors (Lipinski definition) is 0. The van der Waals surface area contributed by atoms with Crippen molar-refractivity contribution in [2.45, 2.75) is 101 Å². The lowest BCUT2D eigenvalue weighted by Crippen LogP contribution is -2.26. The molecular weight excluding hydrogens is 480 g/mol. The largest absolute Gasteiger partial charge is 0.0850 e. The molecule has 2 rings (SSSR count). The predicted molar refractivity (Wildman–Crippen MR) is 181 cm³/mol. The summed E-state index contributed by atoms with van der Waals surface area (Å²) in [6.07, 6.45) is 39.5. The maximum absolute atomic E-state index is 2.41. The van der Waals surface area contributed by atoms with Crippen LogP contribution in [0.15, 0.2) is 130 Å². The van der Waals surface area contributed by atoms with Crippen molar-refractivity contribution in [3.8, 4) is 0 Å². The van der Waals surface area contributed by atoms with Gasteiger partial charge in [-0.25, -0.2) is 0 Å². The van der Waals surface area contributed by atoms with Crippen LogP contribution in [-0.4, -0.2) is 0 Å². The molecule has 2 aliphatic carbocycles. The molecule has 0 nitrogen and oxygen atoms in total. The standard InChI is InChI=1S/C40H56/c1-31(19-13-21-33(3)25-27-37-35(5)23-15-29-39(37,7)8)17-11-12-18-32(2)20-14-22-34(4)26-28-38-36(6)24-16-30-40(38,9)10/h11-14,17-23,25-28,37H,15-16,24,29-30H2,1-10H3/b12-11+,19-13?,20-14+,27-25?,28-26?,31-17?,32-18+,33-21?,34-22?. The van der Waals surface area contributed by atoms with E-state index in [1.807, 2.05) is 0 Å². The molecule has 0 aromatic rings. The van der Waals surface area contributed by atoms with E-state index in [4.69, 9.17) is 0 Å². The van der Waals surface area contributed by atoms with Crippen molar-refractivity contribution in [3.05, 3.63) is 130 Å². The lowest BCUT2D eigenvalue weighted by molar-refractivity contribution is 0.255. The molecule has 0 saturated heterocycles. The Bertz CT molecular complexity index is 1200. The summed E-state index contributed by atoms with van der Waals surface area (Å²) in [5.74, 6) is 0.532. The summed E-state index contributed by atoms with van der Waals surface area (Å²) in [7, 11) is 0. The highest BCUT2D eigenvalue weighted by atomic mass is 14.3. The third-order valence-electron chi connectivity index (χ3n) is 8.46. The van der Waals surface area contributed by atoms with Crippen molar-refractivity contribution in [1.29, 1.82) is 0 Å². The van der Waals surface area contributed by atoms with Crippen LogP contribution in [0.3, 0.4) is 0 Å². The summed E-state index contributed by atoms with van der Waals surface area (Å²) in [5, 5.41) is 0. The summed E-state index contributed by atoms with van der Waals surface area (Å²) < 4.78 is 0. The second-order valence-electron chi connectivity index (χ2n) is 13.3. The van der Waals surface area contributed by atoms with Gasteiger partial charge in [0.05, 0.1) is 0 Å². The Morgan fingerprint density at radius 2 is 1.23 bits per heavy atom. The zero-order chi connectivity index (χ0) is 29.8. The van der Waals surface area contributed by atoms with Crippen LogP contribution in [0.5, 0.6) is 0 Å². The van der Waals surface area contributed by atoms with E-state index in [0.29, 0.717) is 16.7 Å². The number of hydrogen-bond acceptors (Lipinski definition) is 0. The Hall–Kier alpha value is -2.86. The van der Waals surface area contributed by atoms with Gasteiger partial charge in [0.25, 0.3) is 0 Å². The van der Waals surface area contributed by atoms with Gasteiger partial charge < -0.3 is 0 Å². The first-order chi connectivity index (χ1) is 18.8. The van der Waals surface area contributed by atoms with Crippen LogP contribution < -0.4 is 0 Å². The van der Waals surface area contributed by atoms with E-state index in [1.165, 1.54) is 65.5 Å². The molecule has 1 unspecified atom stereocenters. The Kier molecular flexibility index (Phi) is 13.2. The molecule has 0 fully saturated rings. The van der Waals surface area contributed by atoms with Crippen LogP contribution in [0.25, 0.3) is 0 Å². The van der Waals surface area contributed by atoms with Crippen molar-refractivity contribution in [2.24, 2.45) is 16.7 Å². The molecule has 0 amide bonds. The molecule has 0 aliphatic heterocycles. The minimum absolute atomic E-state index is 0.291. The molecule has 40 heavy (non-hydrogen) atoms. The number of rotatable bonds is 10. The van der Waals surface area contributed by atoms with E-state index in [2.05, 4.69) is 160 Å². The normalized spacial score (nSPS) is 23.6. The van der Waals surface area contributed by atoms with Crippen molar-refractivity contribution in [2.75, 3.05) is 0 Å². The molecule has 0 N–H and O–H groups in total. The monoisotopic (exact) mass is 536 g/mol. The lowest BCUT2D eigenvalue weighted by Gasteiger charge is -2.36. The average molecular weight is 537 g/mol. The Balaban J connectivity index is 1.88. The molecule has 0 heterocycles. The van der Waals surface area contributed by atoms with Crippen LogP contribution in [0, 0.1) is 16.7 Å². The Labute approximate surface area is 247 Å². The second kappa shape index (κ2) is 15.8. The minimum atomic E-state index is 0.291. The van der Waals surface area contributed by atoms with Gasteiger partial charge in [-0.2, -0.15) is 0 Å². The predicted octanol–water partition coefficient (Wildman–Crippen LogP) is 12.5. The van der Waals surface area contributed by atoms with Crippen molar-refractivity contribution < 1.29 is 0 Å². The van der Waals surface area contributed by atoms with Gasteiger partial charge in [0, 0.05) is 5.92 Å². The van der Waals surface area contributed by atoms with E-state index in [9.17, 15) is 0 Å². The number of allylic oxidation sites excluding steroid dienone is 22. The Morgan fingerprint density at radius 3 is 1.77 bits per heavy atom. The van der Waals surface area contributed by atoms with Gasteiger partial charge >= 0.3 is 0 Å². The third-order valence-corrected chi connectivity index (χ3v) is 8.46. The van der Waals surface area contributed by atoms with Gasteiger partial charge in [0.15, 0.2) is 0 Å². The molecule has 0 spiro atoms. The Morgan fingerprint density at radius 1 is 0.700 bits per heavy atom. The van der Waals surface area contributed by atoms with Crippen molar-refractivity contribution in [3.63, 3.8) is 0 Å². The highest BCUT2D eigenvalue weighted by molar-refractivity contribution is 5.37. The fraction of sp³-hybridized carbons (Fsp3) is 0.450. The smallest absolute Gasteiger partial charge is 0.00285 e. The van der Waals surface area contributed by atoms with Gasteiger partial charge in [-0.05, 0) is 90.0 Å². The fourth-order valence-corrected chi connectivity index (χ4v) is 5.80. The van der Waals surface area contributed by atoms with E-state index >= 15 is 0 Å². The van der Waals surface area contributed by atoms with E-state index in [1.54, 1.807) is 5.57 Å². The molecule has 0 aromatic heterocycles. The molecule has 0 saturated carbocycles. The molecule has 0 bridgehead atoms. The molecule has 216 valence electrons. The molecule has 1 atom stereocenters. The van der Waals surface area contributed by atoms with Crippen LogP contribution in [-0.2, 0) is 0 Å². The molecule has 0 radical (unpaired) electrons. The summed E-state index contributed by atoms with van der Waals surface area (Å²) in [6.45, 7) is 22.7. The van der Waals surface area contributed by atoms with Gasteiger partial charge in [-0.15, -0.1) is 0 Å². The first-order valence-corrected chi connectivity index (χ1v) is 15.3. The van der Waals surface area contributed by atoms with Crippen molar-refractivity contribution >= 4 is 0 Å². The van der Waals surface area contributed by atoms with Crippen LogP contribution >= 0.6 is 0 Å². The van der Waals surface area contributed by atoms with Crippen LogP contribution in [0.1, 0.15) is 101 Å². The zero-order valence-electron chi connectivity index (χ0n) is 27.3. The molecular formula is C40H56. The highest BCUT2D eigenvalue weighted by Gasteiger charge is 2.30. The van der Waals surface area contributed by atoms with Gasteiger partial charge in [-0.3, -0.25) is 0 Å².